The maximum Gasteiger partial charge on any atom is 0.144 e. The van der Waals surface area contributed by atoms with Gasteiger partial charge in [0.1, 0.15) is 11.8 Å². The van der Waals surface area contributed by atoms with E-state index >= 15 is 0 Å². The monoisotopic (exact) mass is 238 g/mol. The number of nitrogens with one attached hydrogen (secondary N) is 1. The Morgan fingerprint density at radius 2 is 1.94 bits per heavy atom. The highest BCUT2D eigenvalue weighted by atomic mass is 14.9. The number of rotatable bonds is 4. The highest BCUT2D eigenvalue weighted by Crippen LogP contribution is 2.05. The van der Waals surface area contributed by atoms with Gasteiger partial charge in [-0.3, -0.25) is 4.98 Å². The van der Waals surface area contributed by atoms with Crippen molar-refractivity contribution in [2.45, 2.75) is 20.0 Å². The lowest BCUT2D eigenvalue weighted by molar-refractivity contribution is 0.673. The van der Waals surface area contributed by atoms with Crippen LogP contribution < -0.4 is 5.32 Å². The largest absolute Gasteiger partial charge is 0.307 e. The first-order valence-electron chi connectivity index (χ1n) is 5.76. The number of hydrogen-bond donors (Lipinski definition) is 1. The molecule has 0 saturated carbocycles. The third-order valence-electron chi connectivity index (χ3n) is 2.72. The summed E-state index contributed by atoms with van der Waals surface area (Å²) in [7, 11) is 0. The van der Waals surface area contributed by atoms with Crippen molar-refractivity contribution >= 4 is 0 Å². The summed E-state index contributed by atoms with van der Waals surface area (Å²) >= 11 is 0. The van der Waals surface area contributed by atoms with Gasteiger partial charge in [0.2, 0.25) is 0 Å². The molecule has 2 aromatic rings. The third kappa shape index (κ3) is 2.90. The number of nitrogens with zero attached hydrogens (tertiary/aromatic N) is 3. The van der Waals surface area contributed by atoms with Gasteiger partial charge in [0.05, 0.1) is 5.69 Å². The molecule has 0 saturated heterocycles. The fourth-order valence-electron chi connectivity index (χ4n) is 1.70. The van der Waals surface area contributed by atoms with Gasteiger partial charge in [-0.05, 0) is 24.6 Å². The first-order chi connectivity index (χ1) is 8.81. The lowest BCUT2D eigenvalue weighted by Gasteiger charge is -2.07. The summed E-state index contributed by atoms with van der Waals surface area (Å²) < 4.78 is 0. The van der Waals surface area contributed by atoms with E-state index in [0.717, 1.165) is 16.8 Å². The van der Waals surface area contributed by atoms with Gasteiger partial charge in [-0.1, -0.05) is 12.1 Å². The highest BCUT2D eigenvalue weighted by molar-refractivity contribution is 5.30. The smallest absolute Gasteiger partial charge is 0.144 e. The fraction of sp³-hybridized carbons (Fsp3) is 0.214. The molecule has 0 aliphatic rings. The van der Waals surface area contributed by atoms with Crippen molar-refractivity contribution in [3.63, 3.8) is 0 Å². The van der Waals surface area contributed by atoms with E-state index in [9.17, 15) is 0 Å². The number of nitriles is 1. The van der Waals surface area contributed by atoms with Crippen molar-refractivity contribution in [2.75, 3.05) is 0 Å². The van der Waals surface area contributed by atoms with E-state index in [2.05, 4.69) is 21.4 Å². The predicted molar refractivity (Wildman–Crippen MR) is 68.5 cm³/mol. The summed E-state index contributed by atoms with van der Waals surface area (Å²) in [6.45, 7) is 3.34. The van der Waals surface area contributed by atoms with Crippen LogP contribution in [0.2, 0.25) is 0 Å². The van der Waals surface area contributed by atoms with Gasteiger partial charge in [-0.2, -0.15) is 5.26 Å². The molecule has 0 bridgehead atoms. The fourth-order valence-corrected chi connectivity index (χ4v) is 1.70. The van der Waals surface area contributed by atoms with Crippen LogP contribution in [0.3, 0.4) is 0 Å². The van der Waals surface area contributed by atoms with Crippen LogP contribution in [0.15, 0.2) is 36.7 Å². The second-order valence-electron chi connectivity index (χ2n) is 3.99. The minimum atomic E-state index is 0.475. The number of pyridine rings is 2. The summed E-state index contributed by atoms with van der Waals surface area (Å²) in [5, 5.41) is 12.2. The normalized spacial score (nSPS) is 10.0. The molecule has 0 amide bonds. The summed E-state index contributed by atoms with van der Waals surface area (Å²) in [6, 6.07) is 9.79. The van der Waals surface area contributed by atoms with Crippen LogP contribution in [0.1, 0.15) is 22.5 Å². The number of aromatic nitrogens is 2. The molecule has 0 aliphatic heterocycles. The summed E-state index contributed by atoms with van der Waals surface area (Å²) in [4.78, 5) is 8.33. The van der Waals surface area contributed by atoms with E-state index in [1.54, 1.807) is 12.4 Å². The zero-order valence-electron chi connectivity index (χ0n) is 10.2. The molecule has 0 atom stereocenters. The van der Waals surface area contributed by atoms with Crippen molar-refractivity contribution < 1.29 is 0 Å². The van der Waals surface area contributed by atoms with Crippen molar-refractivity contribution in [3.05, 3.63) is 59.2 Å². The molecular weight excluding hydrogens is 224 g/mol. The lowest BCUT2D eigenvalue weighted by Crippen LogP contribution is -2.15. The lowest BCUT2D eigenvalue weighted by atomic mass is 10.2. The molecule has 0 fully saturated rings. The molecule has 1 N–H and O–H groups in total. The van der Waals surface area contributed by atoms with E-state index < -0.39 is 0 Å². The Hall–Kier alpha value is -2.25. The number of hydrogen-bond acceptors (Lipinski definition) is 4. The Labute approximate surface area is 106 Å². The van der Waals surface area contributed by atoms with Crippen LogP contribution in [-0.2, 0) is 13.1 Å². The van der Waals surface area contributed by atoms with Crippen LogP contribution in [-0.4, -0.2) is 9.97 Å². The zero-order valence-corrected chi connectivity index (χ0v) is 10.2. The molecule has 90 valence electrons. The van der Waals surface area contributed by atoms with E-state index in [0.29, 0.717) is 18.8 Å². The van der Waals surface area contributed by atoms with Gasteiger partial charge in [-0.15, -0.1) is 0 Å². The second-order valence-corrected chi connectivity index (χ2v) is 3.99. The predicted octanol–water partition coefficient (Wildman–Crippen LogP) is 1.95. The molecule has 0 unspecified atom stereocenters. The van der Waals surface area contributed by atoms with Crippen LogP contribution in [0, 0.1) is 18.3 Å². The maximum atomic E-state index is 8.93. The van der Waals surface area contributed by atoms with Gasteiger partial charge in [0.15, 0.2) is 0 Å². The van der Waals surface area contributed by atoms with Crippen LogP contribution in [0.4, 0.5) is 0 Å². The molecule has 0 aliphatic carbocycles. The molecule has 4 heteroatoms. The molecule has 0 aromatic carbocycles. The van der Waals surface area contributed by atoms with E-state index in [1.165, 1.54) is 0 Å². The minimum absolute atomic E-state index is 0.475. The molecule has 2 rings (SSSR count). The summed E-state index contributed by atoms with van der Waals surface area (Å²) in [5.74, 6) is 0. The van der Waals surface area contributed by atoms with Crippen LogP contribution in [0.25, 0.3) is 0 Å². The zero-order chi connectivity index (χ0) is 12.8. The molecular formula is C14H14N4. The Balaban J connectivity index is 1.97. The van der Waals surface area contributed by atoms with Gasteiger partial charge >= 0.3 is 0 Å². The molecule has 4 nitrogen and oxygen atoms in total. The van der Waals surface area contributed by atoms with E-state index in [-0.39, 0.29) is 0 Å². The van der Waals surface area contributed by atoms with Crippen LogP contribution >= 0.6 is 0 Å². The van der Waals surface area contributed by atoms with Gasteiger partial charge < -0.3 is 5.32 Å². The Morgan fingerprint density at radius 3 is 2.72 bits per heavy atom. The topological polar surface area (TPSA) is 61.6 Å². The maximum absolute atomic E-state index is 8.93. The molecule has 0 radical (unpaired) electrons. The van der Waals surface area contributed by atoms with Crippen molar-refractivity contribution in [1.29, 1.82) is 5.26 Å². The Bertz CT molecular complexity index is 572. The minimum Gasteiger partial charge on any atom is -0.307 e. The van der Waals surface area contributed by atoms with Gasteiger partial charge in [0.25, 0.3) is 0 Å². The van der Waals surface area contributed by atoms with E-state index in [1.807, 2.05) is 31.2 Å². The first kappa shape index (κ1) is 12.2. The first-order valence-corrected chi connectivity index (χ1v) is 5.76. The van der Waals surface area contributed by atoms with Crippen molar-refractivity contribution in [1.82, 2.24) is 15.3 Å². The Kier molecular flexibility index (Phi) is 4.00. The summed E-state index contributed by atoms with van der Waals surface area (Å²) in [5.41, 5.74) is 3.58. The van der Waals surface area contributed by atoms with Crippen molar-refractivity contribution in [2.24, 2.45) is 0 Å². The quantitative estimate of drug-likeness (QED) is 0.884. The summed E-state index contributed by atoms with van der Waals surface area (Å²) in [6.07, 6.45) is 3.42. The second kappa shape index (κ2) is 5.89. The average Bonchev–Trinajstić information content (AvgIpc) is 2.41. The molecule has 18 heavy (non-hydrogen) atoms. The SMILES string of the molecule is Cc1cccnc1CNCc1cccnc1C#N. The third-order valence-corrected chi connectivity index (χ3v) is 2.72. The number of aryl methyl sites for hydroxylation is 1. The van der Waals surface area contributed by atoms with Gasteiger partial charge in [0, 0.05) is 31.0 Å². The molecule has 2 heterocycles. The average molecular weight is 238 g/mol. The van der Waals surface area contributed by atoms with Crippen LogP contribution in [0.5, 0.6) is 0 Å². The Morgan fingerprint density at radius 1 is 1.17 bits per heavy atom. The molecule has 2 aromatic heterocycles. The highest BCUT2D eigenvalue weighted by Gasteiger charge is 2.02. The molecule has 0 spiro atoms. The van der Waals surface area contributed by atoms with E-state index in [4.69, 9.17) is 5.26 Å². The van der Waals surface area contributed by atoms with Gasteiger partial charge in [-0.25, -0.2) is 4.98 Å². The standard InChI is InChI=1S/C14H14N4/c1-11-4-2-6-18-14(11)10-16-9-12-5-3-7-17-13(12)8-15/h2-7,16H,9-10H2,1H3. The van der Waals surface area contributed by atoms with Crippen molar-refractivity contribution in [3.8, 4) is 6.07 Å².